The Balaban J connectivity index is 1.87. The normalized spacial score (nSPS) is 17.8. The van der Waals surface area contributed by atoms with Crippen LogP contribution >= 0.6 is 15.9 Å². The zero-order valence-electron chi connectivity index (χ0n) is 14.8. The van der Waals surface area contributed by atoms with Crippen molar-refractivity contribution < 1.29 is 23.9 Å². The molecule has 0 aromatic heterocycles. The van der Waals surface area contributed by atoms with Crippen LogP contribution in [0.4, 0.5) is 0 Å². The van der Waals surface area contributed by atoms with Crippen molar-refractivity contribution in [3.63, 3.8) is 0 Å². The van der Waals surface area contributed by atoms with Crippen LogP contribution in [0, 0.1) is 11.8 Å². The van der Waals surface area contributed by atoms with Gasteiger partial charge < -0.3 is 14.8 Å². The van der Waals surface area contributed by atoms with Crippen LogP contribution < -0.4 is 25.6 Å². The first kappa shape index (κ1) is 20.0. The molecule has 3 amide bonds. The Morgan fingerprint density at radius 1 is 1.27 bits per heavy atom. The molecule has 1 aromatic rings. The molecule has 142 valence electrons. The Kier molecular flexibility index (Phi) is 6.84. The Labute approximate surface area is 160 Å². The number of carbonyl (C=O) groups is 3. The fourth-order valence-corrected chi connectivity index (χ4v) is 2.92. The van der Waals surface area contributed by atoms with E-state index in [1.54, 1.807) is 6.07 Å². The smallest absolute Gasteiger partial charge is 0.269 e. The number of carbonyl (C=O) groups excluding carboxylic acids is 3. The van der Waals surface area contributed by atoms with Crippen molar-refractivity contribution in [1.82, 2.24) is 16.2 Å². The molecule has 2 rings (SSSR count). The van der Waals surface area contributed by atoms with Crippen LogP contribution in [0.2, 0.25) is 0 Å². The standard InChI is InChI=1S/C17H22BrN3O5/c1-4-26-15-12(18)6-10(7-13(15)25-3)16(23)21-20-14(22)8-19-17(24)11-5-9(11)2/h6-7,9,11H,4-5,8H2,1-3H3,(H,19,24)(H,20,22)(H,21,23)/t9-,11-/m0/s1. The summed E-state index contributed by atoms with van der Waals surface area (Å²) in [6, 6.07) is 3.07. The molecular weight excluding hydrogens is 406 g/mol. The van der Waals surface area contributed by atoms with E-state index in [2.05, 4.69) is 32.1 Å². The Bertz CT molecular complexity index is 710. The Morgan fingerprint density at radius 3 is 2.54 bits per heavy atom. The second-order valence-corrected chi connectivity index (χ2v) is 6.82. The van der Waals surface area contributed by atoms with E-state index in [1.807, 2.05) is 13.8 Å². The monoisotopic (exact) mass is 427 g/mol. The minimum absolute atomic E-state index is 0.00828. The van der Waals surface area contributed by atoms with Crippen LogP contribution in [0.15, 0.2) is 16.6 Å². The van der Waals surface area contributed by atoms with Crippen molar-refractivity contribution in [2.24, 2.45) is 11.8 Å². The van der Waals surface area contributed by atoms with Crippen molar-refractivity contribution >= 4 is 33.7 Å². The zero-order valence-corrected chi connectivity index (χ0v) is 16.4. The summed E-state index contributed by atoms with van der Waals surface area (Å²) in [4.78, 5) is 35.6. The predicted molar refractivity (Wildman–Crippen MR) is 97.8 cm³/mol. The molecule has 9 heteroatoms. The molecule has 26 heavy (non-hydrogen) atoms. The number of rotatable bonds is 7. The predicted octanol–water partition coefficient (Wildman–Crippen LogP) is 1.39. The van der Waals surface area contributed by atoms with Gasteiger partial charge in [-0.2, -0.15) is 0 Å². The number of halogens is 1. The van der Waals surface area contributed by atoms with Gasteiger partial charge in [0.1, 0.15) is 0 Å². The number of nitrogens with one attached hydrogen (secondary N) is 3. The molecule has 1 aromatic carbocycles. The highest BCUT2D eigenvalue weighted by molar-refractivity contribution is 9.10. The van der Waals surface area contributed by atoms with Crippen molar-refractivity contribution in [3.05, 3.63) is 22.2 Å². The van der Waals surface area contributed by atoms with Crippen LogP contribution in [0.1, 0.15) is 30.6 Å². The zero-order chi connectivity index (χ0) is 19.3. The molecule has 0 spiro atoms. The van der Waals surface area contributed by atoms with E-state index in [0.29, 0.717) is 28.5 Å². The highest BCUT2D eigenvalue weighted by Gasteiger charge is 2.38. The molecule has 0 bridgehead atoms. The van der Waals surface area contributed by atoms with E-state index >= 15 is 0 Å². The Hall–Kier alpha value is -2.29. The summed E-state index contributed by atoms with van der Waals surface area (Å²) in [5, 5.41) is 2.54. The fraction of sp³-hybridized carbons (Fsp3) is 0.471. The number of benzene rings is 1. The molecule has 0 heterocycles. The van der Waals surface area contributed by atoms with Gasteiger partial charge in [0.25, 0.3) is 11.8 Å². The van der Waals surface area contributed by atoms with Crippen molar-refractivity contribution in [3.8, 4) is 11.5 Å². The van der Waals surface area contributed by atoms with E-state index in [4.69, 9.17) is 9.47 Å². The maximum Gasteiger partial charge on any atom is 0.269 e. The van der Waals surface area contributed by atoms with Crippen LogP contribution in [0.3, 0.4) is 0 Å². The lowest BCUT2D eigenvalue weighted by Gasteiger charge is -2.13. The van der Waals surface area contributed by atoms with Gasteiger partial charge in [-0.05, 0) is 47.3 Å². The minimum Gasteiger partial charge on any atom is -0.493 e. The molecule has 2 atom stereocenters. The van der Waals surface area contributed by atoms with E-state index in [1.165, 1.54) is 13.2 Å². The molecule has 0 radical (unpaired) electrons. The molecule has 8 nitrogen and oxygen atoms in total. The molecular formula is C17H22BrN3O5. The van der Waals surface area contributed by atoms with Crippen LogP contribution in [0.25, 0.3) is 0 Å². The van der Waals surface area contributed by atoms with Crippen molar-refractivity contribution in [2.45, 2.75) is 20.3 Å². The first-order valence-electron chi connectivity index (χ1n) is 8.24. The molecule has 1 aliphatic carbocycles. The second kappa shape index (κ2) is 8.88. The average molecular weight is 428 g/mol. The van der Waals surface area contributed by atoms with E-state index in [-0.39, 0.29) is 23.9 Å². The summed E-state index contributed by atoms with van der Waals surface area (Å²) in [5.74, 6) is 0.0618. The van der Waals surface area contributed by atoms with Gasteiger partial charge in [-0.15, -0.1) is 0 Å². The first-order valence-corrected chi connectivity index (χ1v) is 9.03. The van der Waals surface area contributed by atoms with Gasteiger partial charge in [0.15, 0.2) is 11.5 Å². The lowest BCUT2D eigenvalue weighted by molar-refractivity contribution is -0.127. The number of hydrogen-bond donors (Lipinski definition) is 3. The molecule has 1 fully saturated rings. The topological polar surface area (TPSA) is 106 Å². The average Bonchev–Trinajstić information content (AvgIpc) is 3.35. The molecule has 0 saturated heterocycles. The molecule has 3 N–H and O–H groups in total. The summed E-state index contributed by atoms with van der Waals surface area (Å²) >= 11 is 3.33. The first-order chi connectivity index (χ1) is 12.4. The SMILES string of the molecule is CCOc1c(Br)cc(C(=O)NNC(=O)CNC(=O)[C@H]2C[C@@H]2C)cc1OC. The molecule has 0 unspecified atom stereocenters. The van der Waals surface area contributed by atoms with Crippen molar-refractivity contribution in [2.75, 3.05) is 20.3 Å². The van der Waals surface area contributed by atoms with Crippen LogP contribution in [-0.4, -0.2) is 38.0 Å². The van der Waals surface area contributed by atoms with Gasteiger partial charge in [0.2, 0.25) is 5.91 Å². The second-order valence-electron chi connectivity index (χ2n) is 5.96. The third-order valence-corrected chi connectivity index (χ3v) is 4.55. The highest BCUT2D eigenvalue weighted by atomic mass is 79.9. The largest absolute Gasteiger partial charge is 0.493 e. The summed E-state index contributed by atoms with van der Waals surface area (Å²) in [7, 11) is 1.47. The van der Waals surface area contributed by atoms with E-state index in [9.17, 15) is 14.4 Å². The van der Waals surface area contributed by atoms with Gasteiger partial charge >= 0.3 is 0 Å². The van der Waals surface area contributed by atoms with Crippen molar-refractivity contribution in [1.29, 1.82) is 0 Å². The third kappa shape index (κ3) is 5.10. The van der Waals surface area contributed by atoms with E-state index < -0.39 is 11.8 Å². The van der Waals surface area contributed by atoms with Gasteiger partial charge in [-0.3, -0.25) is 25.2 Å². The quantitative estimate of drug-likeness (QED) is 0.570. The van der Waals surface area contributed by atoms with Crippen LogP contribution in [0.5, 0.6) is 11.5 Å². The molecule has 1 aliphatic rings. The number of ether oxygens (including phenoxy) is 2. The van der Waals surface area contributed by atoms with Gasteiger partial charge in [-0.25, -0.2) is 0 Å². The summed E-state index contributed by atoms with van der Waals surface area (Å²) in [6.07, 6.45) is 0.846. The van der Waals surface area contributed by atoms with Gasteiger partial charge in [0, 0.05) is 11.5 Å². The third-order valence-electron chi connectivity index (χ3n) is 3.97. The maximum absolute atomic E-state index is 12.2. The molecule has 0 aliphatic heterocycles. The number of hydrazine groups is 1. The lowest BCUT2D eigenvalue weighted by Crippen LogP contribution is -2.46. The van der Waals surface area contributed by atoms with Gasteiger partial charge in [0.05, 0.1) is 24.7 Å². The Morgan fingerprint density at radius 2 is 1.96 bits per heavy atom. The summed E-state index contributed by atoms with van der Waals surface area (Å²) in [5.41, 5.74) is 4.83. The number of hydrogen-bond acceptors (Lipinski definition) is 5. The number of amides is 3. The van der Waals surface area contributed by atoms with E-state index in [0.717, 1.165) is 6.42 Å². The fourth-order valence-electron chi connectivity index (χ4n) is 2.36. The highest BCUT2D eigenvalue weighted by Crippen LogP contribution is 2.37. The number of methoxy groups -OCH3 is 1. The summed E-state index contributed by atoms with van der Waals surface area (Å²) in [6.45, 7) is 4.07. The van der Waals surface area contributed by atoms with Gasteiger partial charge in [-0.1, -0.05) is 6.92 Å². The molecule has 1 saturated carbocycles. The van der Waals surface area contributed by atoms with Crippen LogP contribution in [-0.2, 0) is 9.59 Å². The maximum atomic E-state index is 12.2. The summed E-state index contributed by atoms with van der Waals surface area (Å²) < 4.78 is 11.2. The lowest BCUT2D eigenvalue weighted by atomic mass is 10.2. The minimum atomic E-state index is -0.525.